The number of benzene rings is 1. The molecule has 0 saturated carbocycles. The molecule has 0 spiro atoms. The Hall–Kier alpha value is -1.11. The number of aliphatic hydroxyl groups excluding tert-OH is 1. The number of nitrogens with one attached hydrogen (secondary N) is 1. The molecular weight excluding hydrogens is 240 g/mol. The summed E-state index contributed by atoms with van der Waals surface area (Å²) < 4.78 is 26.0. The predicted octanol–water partition coefficient (Wildman–Crippen LogP) is 0.166. The monoisotopic (exact) mass is 256 g/mol. The van der Waals surface area contributed by atoms with E-state index < -0.39 is 10.0 Å². The summed E-state index contributed by atoms with van der Waals surface area (Å²) in [5, 5.41) is 9.51. The van der Waals surface area contributed by atoms with Gasteiger partial charge in [-0.2, -0.15) is 0 Å². The molecule has 0 aliphatic carbocycles. The van der Waals surface area contributed by atoms with Crippen molar-refractivity contribution in [2.75, 3.05) is 25.0 Å². The quantitative estimate of drug-likeness (QED) is 0.808. The minimum atomic E-state index is -3.46. The zero-order chi connectivity index (χ0) is 12.5. The number of para-hydroxylation sites is 1. The van der Waals surface area contributed by atoms with Crippen LogP contribution in [0, 0.1) is 0 Å². The first-order chi connectivity index (χ1) is 8.04. The second-order valence-electron chi connectivity index (χ2n) is 4.06. The molecule has 0 unspecified atom stereocenters. The van der Waals surface area contributed by atoms with Gasteiger partial charge in [-0.1, -0.05) is 12.1 Å². The fraction of sp³-hybridized carbons (Fsp3) is 0.455. The third-order valence-electron chi connectivity index (χ3n) is 2.93. The summed E-state index contributed by atoms with van der Waals surface area (Å²) in [6.45, 7) is 1.16. The van der Waals surface area contributed by atoms with Crippen LogP contribution >= 0.6 is 0 Å². The Balaban J connectivity index is 2.41. The van der Waals surface area contributed by atoms with Gasteiger partial charge in [-0.05, 0) is 25.6 Å². The maximum atomic E-state index is 11.9. The minimum absolute atomic E-state index is 0.261. The molecule has 2 N–H and O–H groups in total. The Morgan fingerprint density at radius 2 is 2.12 bits per heavy atom. The third kappa shape index (κ3) is 2.43. The van der Waals surface area contributed by atoms with Gasteiger partial charge in [0.05, 0.1) is 11.8 Å². The molecule has 0 radical (unpaired) electrons. The smallest absolute Gasteiger partial charge is 0.242 e. The van der Waals surface area contributed by atoms with Gasteiger partial charge in [0.25, 0.3) is 0 Å². The molecule has 1 aromatic carbocycles. The normalized spacial score (nSPS) is 20.8. The standard InChI is InChI=1S/C11H16N2O3S/c1-12-17(15,16)11-5-3-2-4-10(11)13-7-6-9(14)8-13/h2-5,9,12,14H,6-8H2,1H3/t9-/m1/s1. The fourth-order valence-electron chi connectivity index (χ4n) is 2.02. The molecule has 1 aliphatic rings. The number of sulfonamides is 1. The SMILES string of the molecule is CNS(=O)(=O)c1ccccc1N1CC[C@@H](O)C1. The van der Waals surface area contributed by atoms with Crippen molar-refractivity contribution in [3.8, 4) is 0 Å². The van der Waals surface area contributed by atoms with E-state index in [9.17, 15) is 13.5 Å². The molecule has 1 aromatic rings. The van der Waals surface area contributed by atoms with Crippen LogP contribution in [0.1, 0.15) is 6.42 Å². The van der Waals surface area contributed by atoms with E-state index in [1.165, 1.54) is 7.05 Å². The second kappa shape index (κ2) is 4.64. The van der Waals surface area contributed by atoms with Crippen LogP contribution in [0.4, 0.5) is 5.69 Å². The first kappa shape index (κ1) is 12.3. The summed E-state index contributed by atoms with van der Waals surface area (Å²) in [5.41, 5.74) is 0.651. The van der Waals surface area contributed by atoms with Crippen LogP contribution in [0.15, 0.2) is 29.2 Å². The van der Waals surface area contributed by atoms with Crippen molar-refractivity contribution in [3.63, 3.8) is 0 Å². The van der Waals surface area contributed by atoms with Crippen LogP contribution in [0.2, 0.25) is 0 Å². The topological polar surface area (TPSA) is 69.6 Å². The molecule has 0 aromatic heterocycles. The van der Waals surface area contributed by atoms with Crippen molar-refractivity contribution in [2.45, 2.75) is 17.4 Å². The summed E-state index contributed by atoms with van der Waals surface area (Å²) in [6, 6.07) is 6.84. The molecule has 94 valence electrons. The lowest BCUT2D eigenvalue weighted by Crippen LogP contribution is -2.26. The van der Waals surface area contributed by atoms with Gasteiger partial charge in [-0.15, -0.1) is 0 Å². The Morgan fingerprint density at radius 3 is 2.71 bits per heavy atom. The van der Waals surface area contributed by atoms with E-state index in [2.05, 4.69) is 4.72 Å². The maximum Gasteiger partial charge on any atom is 0.242 e. The lowest BCUT2D eigenvalue weighted by molar-refractivity contribution is 0.198. The van der Waals surface area contributed by atoms with Crippen LogP contribution in [0.5, 0.6) is 0 Å². The van der Waals surface area contributed by atoms with Gasteiger partial charge < -0.3 is 10.0 Å². The van der Waals surface area contributed by atoms with Crippen molar-refractivity contribution in [1.29, 1.82) is 0 Å². The zero-order valence-corrected chi connectivity index (χ0v) is 10.4. The fourth-order valence-corrected chi connectivity index (χ4v) is 2.97. The number of β-amino-alcohol motifs (C(OH)–C–C–N with tert-alkyl or cyclic N) is 1. The van der Waals surface area contributed by atoms with Gasteiger partial charge >= 0.3 is 0 Å². The Morgan fingerprint density at radius 1 is 1.41 bits per heavy atom. The van der Waals surface area contributed by atoms with Crippen molar-refractivity contribution in [3.05, 3.63) is 24.3 Å². The minimum Gasteiger partial charge on any atom is -0.391 e. The van der Waals surface area contributed by atoms with E-state index in [0.717, 1.165) is 0 Å². The highest BCUT2D eigenvalue weighted by atomic mass is 32.2. The van der Waals surface area contributed by atoms with Crippen LogP contribution in [-0.2, 0) is 10.0 Å². The lowest BCUT2D eigenvalue weighted by atomic mass is 10.3. The second-order valence-corrected chi connectivity index (χ2v) is 5.92. The summed E-state index contributed by atoms with van der Waals surface area (Å²) in [7, 11) is -2.06. The summed E-state index contributed by atoms with van der Waals surface area (Å²) >= 11 is 0. The van der Waals surface area contributed by atoms with E-state index in [1.54, 1.807) is 24.3 Å². The van der Waals surface area contributed by atoms with Gasteiger partial charge in [-0.25, -0.2) is 13.1 Å². The molecule has 1 fully saturated rings. The average Bonchev–Trinajstić information content (AvgIpc) is 2.76. The first-order valence-electron chi connectivity index (χ1n) is 5.50. The summed E-state index contributed by atoms with van der Waals surface area (Å²) in [4.78, 5) is 2.16. The third-order valence-corrected chi connectivity index (χ3v) is 4.39. The molecular formula is C11H16N2O3S. The summed E-state index contributed by atoms with van der Waals surface area (Å²) in [6.07, 6.45) is 0.300. The van der Waals surface area contributed by atoms with Crippen LogP contribution in [0.25, 0.3) is 0 Å². The molecule has 0 bridgehead atoms. The number of anilines is 1. The Bertz CT molecular complexity index is 501. The van der Waals surface area contributed by atoms with E-state index in [4.69, 9.17) is 0 Å². The number of rotatable bonds is 3. The lowest BCUT2D eigenvalue weighted by Gasteiger charge is -2.21. The van der Waals surface area contributed by atoms with E-state index in [-0.39, 0.29) is 11.0 Å². The molecule has 1 atom stereocenters. The van der Waals surface area contributed by atoms with Gasteiger partial charge in [0, 0.05) is 13.1 Å². The zero-order valence-electron chi connectivity index (χ0n) is 9.63. The molecule has 1 saturated heterocycles. The van der Waals surface area contributed by atoms with Crippen LogP contribution < -0.4 is 9.62 Å². The highest BCUT2D eigenvalue weighted by Gasteiger charge is 2.25. The number of aliphatic hydroxyl groups is 1. The van der Waals surface area contributed by atoms with Crippen molar-refractivity contribution in [2.24, 2.45) is 0 Å². The Kier molecular flexibility index (Phi) is 3.37. The van der Waals surface area contributed by atoms with Gasteiger partial charge in [0.15, 0.2) is 0 Å². The van der Waals surface area contributed by atoms with Gasteiger partial charge in [-0.3, -0.25) is 0 Å². The number of hydrogen-bond donors (Lipinski definition) is 2. The number of nitrogens with zero attached hydrogens (tertiary/aromatic N) is 1. The van der Waals surface area contributed by atoms with Crippen LogP contribution in [0.3, 0.4) is 0 Å². The molecule has 1 heterocycles. The molecule has 6 heteroatoms. The Labute approximate surface area is 101 Å². The highest BCUT2D eigenvalue weighted by Crippen LogP contribution is 2.27. The molecule has 5 nitrogen and oxygen atoms in total. The molecule has 17 heavy (non-hydrogen) atoms. The van der Waals surface area contributed by atoms with Crippen molar-refractivity contribution < 1.29 is 13.5 Å². The van der Waals surface area contributed by atoms with Crippen molar-refractivity contribution in [1.82, 2.24) is 4.72 Å². The van der Waals surface area contributed by atoms with E-state index in [0.29, 0.717) is 25.2 Å². The predicted molar refractivity (Wildman–Crippen MR) is 65.5 cm³/mol. The first-order valence-corrected chi connectivity index (χ1v) is 6.98. The van der Waals surface area contributed by atoms with Gasteiger partial charge in [0.1, 0.15) is 4.90 Å². The molecule has 0 amide bonds. The maximum absolute atomic E-state index is 11.9. The van der Waals surface area contributed by atoms with E-state index >= 15 is 0 Å². The highest BCUT2D eigenvalue weighted by molar-refractivity contribution is 7.89. The van der Waals surface area contributed by atoms with Crippen molar-refractivity contribution >= 4 is 15.7 Å². The van der Waals surface area contributed by atoms with E-state index in [1.807, 2.05) is 4.90 Å². The summed E-state index contributed by atoms with van der Waals surface area (Å²) in [5.74, 6) is 0. The average molecular weight is 256 g/mol. The molecule has 1 aliphatic heterocycles. The molecule has 2 rings (SSSR count). The number of hydrogen-bond acceptors (Lipinski definition) is 4. The largest absolute Gasteiger partial charge is 0.391 e. The van der Waals surface area contributed by atoms with Gasteiger partial charge in [0.2, 0.25) is 10.0 Å². The van der Waals surface area contributed by atoms with Crippen LogP contribution in [-0.4, -0.2) is 39.8 Å².